The molecule has 8 amide bonds. The van der Waals surface area contributed by atoms with Crippen LogP contribution in [0.25, 0.3) is 0 Å². The zero-order chi connectivity index (χ0) is 55.4. The van der Waals surface area contributed by atoms with E-state index in [1.807, 2.05) is 34.6 Å². The minimum Gasteiger partial charge on any atom is -0.481 e. The minimum atomic E-state index is -1.72. The first-order chi connectivity index (χ1) is 34.3. The maximum atomic E-state index is 14.3. The van der Waals surface area contributed by atoms with Crippen LogP contribution in [0.5, 0.6) is 0 Å². The van der Waals surface area contributed by atoms with Crippen LogP contribution < -0.4 is 43.0 Å². The number of carbonyl (C=O) groups is 10. The zero-order valence-electron chi connectivity index (χ0n) is 46.0. The molecule has 1 aliphatic heterocycles. The molecule has 1 rings (SSSR count). The Bertz CT molecular complexity index is 1790. The number of esters is 1. The first-order valence-corrected chi connectivity index (χ1v) is 27.1. The predicted molar refractivity (Wildman–Crippen MR) is 278 cm³/mol. The summed E-state index contributed by atoms with van der Waals surface area (Å²) >= 11 is 0. The number of hydrogen-bond acceptors (Lipinski definition) is 11. The molecule has 418 valence electrons. The fourth-order valence-electron chi connectivity index (χ4n) is 8.60. The molecule has 1 fully saturated rings. The van der Waals surface area contributed by atoms with Crippen molar-refractivity contribution in [3.63, 3.8) is 0 Å². The standard InChI is InChI=1S/C53H94N8O12/c1-12-14-15-16-17-18-19-20-21-22-23-36-29-43(63)55-37(24-25-42(54)62)47(66)56-38(26-31(3)4)48(67)57-39(27-32(5)6)50(69)60-45(34(9)10)52(71)59-41(30-44(64)65)49(68)58-40(28-33(7)8)51(70)61-46(35(11)13-2)53(72)73-36/h31-41,45-46H,12-30H2,1-11H3,(H2,54,62)(H,55,63)(H,56,66)(H,57,67)(H,58,68)(H,59,71)(H,60,69)(H,61,70)(H,64,65)/t35-,36-,37+,38+,39+,40+,41+,45+,46+/m1/s1. The number of nitrogens with two attached hydrogens (primary N) is 1. The van der Waals surface area contributed by atoms with Gasteiger partial charge in [-0.1, -0.05) is 140 Å². The molecular weight excluding hydrogens is 941 g/mol. The summed E-state index contributed by atoms with van der Waals surface area (Å²) in [5, 5.41) is 28.5. The Labute approximate surface area is 434 Å². The van der Waals surface area contributed by atoms with Gasteiger partial charge in [0.1, 0.15) is 48.4 Å². The second kappa shape index (κ2) is 35.0. The maximum Gasteiger partial charge on any atom is 0.329 e. The van der Waals surface area contributed by atoms with Crippen LogP contribution in [-0.4, -0.2) is 113 Å². The smallest absolute Gasteiger partial charge is 0.329 e. The second-order valence-corrected chi connectivity index (χ2v) is 21.7. The number of amides is 8. The molecule has 73 heavy (non-hydrogen) atoms. The lowest BCUT2D eigenvalue weighted by Crippen LogP contribution is -2.61. The van der Waals surface area contributed by atoms with Crippen molar-refractivity contribution < 1.29 is 57.8 Å². The molecule has 0 spiro atoms. The highest BCUT2D eigenvalue weighted by Gasteiger charge is 2.38. The third kappa shape index (κ3) is 27.0. The van der Waals surface area contributed by atoms with Crippen molar-refractivity contribution in [2.75, 3.05) is 0 Å². The van der Waals surface area contributed by atoms with E-state index in [-0.39, 0.29) is 56.3 Å². The number of carboxylic acid groups (broad SMARTS) is 1. The van der Waals surface area contributed by atoms with E-state index in [2.05, 4.69) is 44.1 Å². The molecule has 9 atom stereocenters. The van der Waals surface area contributed by atoms with Crippen LogP contribution >= 0.6 is 0 Å². The largest absolute Gasteiger partial charge is 0.481 e. The lowest BCUT2D eigenvalue weighted by atomic mass is 9.97. The number of nitrogens with one attached hydrogen (secondary N) is 7. The molecule has 10 N–H and O–H groups in total. The Kier molecular flexibility index (Phi) is 31.5. The molecule has 0 unspecified atom stereocenters. The highest BCUT2D eigenvalue weighted by molar-refractivity contribution is 5.98. The normalized spacial score (nSPS) is 24.3. The second-order valence-electron chi connectivity index (χ2n) is 21.7. The summed E-state index contributed by atoms with van der Waals surface area (Å²) in [7, 11) is 0. The summed E-state index contributed by atoms with van der Waals surface area (Å²) in [5.41, 5.74) is 5.50. The number of ether oxygens (including phenoxy) is 1. The summed E-state index contributed by atoms with van der Waals surface area (Å²) < 4.78 is 6.08. The molecule has 1 aliphatic rings. The van der Waals surface area contributed by atoms with Gasteiger partial charge >= 0.3 is 11.9 Å². The van der Waals surface area contributed by atoms with Crippen LogP contribution in [0.2, 0.25) is 0 Å². The van der Waals surface area contributed by atoms with Crippen LogP contribution in [0, 0.1) is 29.6 Å². The van der Waals surface area contributed by atoms with Gasteiger partial charge in [-0.2, -0.15) is 0 Å². The van der Waals surface area contributed by atoms with Gasteiger partial charge in [0.25, 0.3) is 0 Å². The van der Waals surface area contributed by atoms with Crippen LogP contribution in [0.1, 0.15) is 198 Å². The van der Waals surface area contributed by atoms with Gasteiger partial charge in [0.2, 0.25) is 47.3 Å². The summed E-state index contributed by atoms with van der Waals surface area (Å²) in [6, 6.07) is -9.48. The van der Waals surface area contributed by atoms with E-state index in [4.69, 9.17) is 10.5 Å². The van der Waals surface area contributed by atoms with Crippen LogP contribution in [0.4, 0.5) is 0 Å². The lowest BCUT2D eigenvalue weighted by Gasteiger charge is -2.30. The molecule has 1 saturated heterocycles. The number of carbonyl (C=O) groups excluding carboxylic acids is 9. The molecule has 1 heterocycles. The zero-order valence-corrected chi connectivity index (χ0v) is 46.0. The van der Waals surface area contributed by atoms with Gasteiger partial charge in [-0.15, -0.1) is 0 Å². The molecule has 0 radical (unpaired) electrons. The Morgan fingerprint density at radius 2 is 0.945 bits per heavy atom. The molecular formula is C53H94N8O12. The van der Waals surface area contributed by atoms with Gasteiger partial charge in [-0.25, -0.2) is 4.79 Å². The fourth-order valence-corrected chi connectivity index (χ4v) is 8.60. The van der Waals surface area contributed by atoms with Gasteiger partial charge in [-0.3, -0.25) is 43.2 Å². The fraction of sp³-hybridized carbons (Fsp3) is 0.811. The Balaban J connectivity index is 3.96. The number of unbranched alkanes of at least 4 members (excludes halogenated alkanes) is 9. The van der Waals surface area contributed by atoms with Gasteiger partial charge in [0.05, 0.1) is 12.8 Å². The number of rotatable bonds is 25. The molecule has 20 nitrogen and oxygen atoms in total. The van der Waals surface area contributed by atoms with E-state index in [0.717, 1.165) is 32.1 Å². The number of aliphatic carboxylic acids is 1. The highest BCUT2D eigenvalue weighted by Crippen LogP contribution is 2.19. The van der Waals surface area contributed by atoms with Crippen LogP contribution in [0.3, 0.4) is 0 Å². The maximum absolute atomic E-state index is 14.3. The van der Waals surface area contributed by atoms with Crippen molar-refractivity contribution in [3.8, 4) is 0 Å². The van der Waals surface area contributed by atoms with Crippen molar-refractivity contribution >= 4 is 59.2 Å². The Morgan fingerprint density at radius 3 is 1.37 bits per heavy atom. The average molecular weight is 1040 g/mol. The topological polar surface area (TPSA) is 310 Å². The summed E-state index contributed by atoms with van der Waals surface area (Å²) in [5.74, 6) is -10.4. The molecule has 0 aromatic carbocycles. The Hall–Kier alpha value is -5.30. The molecule has 0 bridgehead atoms. The minimum absolute atomic E-state index is 0.0469. The summed E-state index contributed by atoms with van der Waals surface area (Å²) in [6.07, 6.45) is 8.39. The van der Waals surface area contributed by atoms with E-state index < -0.39 is 132 Å². The van der Waals surface area contributed by atoms with Gasteiger partial charge in [0, 0.05) is 6.42 Å². The van der Waals surface area contributed by atoms with Crippen molar-refractivity contribution in [2.45, 2.75) is 247 Å². The quantitative estimate of drug-likeness (QED) is 0.0448. The molecule has 0 aromatic rings. The van der Waals surface area contributed by atoms with Crippen LogP contribution in [0.15, 0.2) is 0 Å². The number of hydrogen-bond donors (Lipinski definition) is 9. The third-order valence-electron chi connectivity index (χ3n) is 13.0. The van der Waals surface area contributed by atoms with Crippen molar-refractivity contribution in [2.24, 2.45) is 35.3 Å². The van der Waals surface area contributed by atoms with Crippen molar-refractivity contribution in [1.29, 1.82) is 0 Å². The first kappa shape index (κ1) is 65.7. The number of carboxylic acids is 1. The van der Waals surface area contributed by atoms with Gasteiger partial charge < -0.3 is 52.8 Å². The predicted octanol–water partition coefficient (Wildman–Crippen LogP) is 4.59. The molecule has 0 saturated carbocycles. The summed E-state index contributed by atoms with van der Waals surface area (Å²) in [4.78, 5) is 137. The SMILES string of the molecule is CCCCCCCCCCCC[C@@H]1CC(=O)N[C@@H](CCC(N)=O)C(=O)N[C@@H](CC(C)C)C(=O)N[C@@H](CC(C)C)C(=O)N[C@@H](C(C)C)C(=O)N[C@@H](CC(=O)O)C(=O)N[C@@H](CC(C)C)C(=O)N[C@@H]([C@H](C)CC)C(=O)O1. The van der Waals surface area contributed by atoms with E-state index in [9.17, 15) is 53.1 Å². The monoisotopic (exact) mass is 1030 g/mol. The van der Waals surface area contributed by atoms with E-state index >= 15 is 0 Å². The van der Waals surface area contributed by atoms with Crippen molar-refractivity contribution in [1.82, 2.24) is 37.2 Å². The third-order valence-corrected chi connectivity index (χ3v) is 13.0. The molecule has 0 aromatic heterocycles. The number of primary amides is 1. The van der Waals surface area contributed by atoms with E-state index in [1.165, 1.54) is 25.7 Å². The van der Waals surface area contributed by atoms with E-state index in [0.29, 0.717) is 12.8 Å². The van der Waals surface area contributed by atoms with Crippen LogP contribution in [-0.2, 0) is 52.7 Å². The van der Waals surface area contributed by atoms with E-state index in [1.54, 1.807) is 34.6 Å². The van der Waals surface area contributed by atoms with Crippen molar-refractivity contribution in [3.05, 3.63) is 0 Å². The lowest BCUT2D eigenvalue weighted by molar-refractivity contribution is -0.156. The molecule has 20 heteroatoms. The average Bonchev–Trinajstić information content (AvgIpc) is 3.29. The molecule has 0 aliphatic carbocycles. The number of cyclic esters (lactones) is 1. The summed E-state index contributed by atoms with van der Waals surface area (Å²) in [6.45, 7) is 19.8. The van der Waals surface area contributed by atoms with Gasteiger partial charge in [-0.05, 0) is 68.1 Å². The first-order valence-electron chi connectivity index (χ1n) is 27.1. The highest BCUT2D eigenvalue weighted by atomic mass is 16.5. The van der Waals surface area contributed by atoms with Gasteiger partial charge in [0.15, 0.2) is 0 Å². The Morgan fingerprint density at radius 1 is 0.534 bits per heavy atom.